The third-order valence-electron chi connectivity index (χ3n) is 7.08. The lowest BCUT2D eigenvalue weighted by Gasteiger charge is -2.42. The maximum absolute atomic E-state index is 12.8. The van der Waals surface area contributed by atoms with Gasteiger partial charge < -0.3 is 10.4 Å². The molecule has 3 saturated carbocycles. The molecule has 7 atom stereocenters. The average Bonchev–Trinajstić information content (AvgIpc) is 2.89. The topological polar surface area (TPSA) is 95.5 Å². The Kier molecular flexibility index (Phi) is 4.56. The predicted molar refractivity (Wildman–Crippen MR) is 90.1 cm³/mol. The molecule has 0 aromatic carbocycles. The Morgan fingerprint density at radius 2 is 1.68 bits per heavy atom. The number of aliphatic hydroxyl groups is 1. The Morgan fingerprint density at radius 1 is 0.960 bits per heavy atom. The third kappa shape index (κ3) is 3.09. The number of hydrogen-bond donors (Lipinski definition) is 3. The molecule has 3 N–H and O–H groups in total. The molecular formula is C19H28N2O4. The van der Waals surface area contributed by atoms with Crippen LogP contribution in [0.3, 0.4) is 0 Å². The number of carbonyl (C=O) groups is 3. The van der Waals surface area contributed by atoms with Crippen LogP contribution in [0.4, 0.5) is 0 Å². The normalized spacial score (nSPS) is 43.8. The number of aliphatic hydroxyl groups excluding tert-OH is 1. The number of amides is 3. The summed E-state index contributed by atoms with van der Waals surface area (Å²) in [4.78, 5) is 36.8. The smallest absolute Gasteiger partial charge is 0.232 e. The molecule has 1 heterocycles. The van der Waals surface area contributed by atoms with E-state index in [4.69, 9.17) is 0 Å². The zero-order chi connectivity index (χ0) is 17.6. The van der Waals surface area contributed by atoms with Crippen LogP contribution in [0.25, 0.3) is 0 Å². The van der Waals surface area contributed by atoms with Crippen LogP contribution in [0.15, 0.2) is 0 Å². The fourth-order valence-corrected chi connectivity index (χ4v) is 5.75. The van der Waals surface area contributed by atoms with Gasteiger partial charge in [0.1, 0.15) is 0 Å². The van der Waals surface area contributed by atoms with E-state index in [0.717, 1.165) is 32.1 Å². The van der Waals surface area contributed by atoms with Gasteiger partial charge in [-0.1, -0.05) is 32.1 Å². The van der Waals surface area contributed by atoms with Gasteiger partial charge in [-0.2, -0.15) is 0 Å². The van der Waals surface area contributed by atoms with Crippen LogP contribution in [0, 0.1) is 29.6 Å². The number of rotatable bonds is 2. The summed E-state index contributed by atoms with van der Waals surface area (Å²) in [6.07, 6.45) is 7.95. The van der Waals surface area contributed by atoms with Crippen molar-refractivity contribution >= 4 is 17.7 Å². The van der Waals surface area contributed by atoms with Crippen molar-refractivity contribution in [3.05, 3.63) is 0 Å². The van der Waals surface area contributed by atoms with Crippen LogP contribution in [-0.2, 0) is 14.4 Å². The highest BCUT2D eigenvalue weighted by molar-refractivity contribution is 6.05. The molecule has 3 aliphatic carbocycles. The molecule has 4 aliphatic rings. The molecule has 0 spiro atoms. The summed E-state index contributed by atoms with van der Waals surface area (Å²) in [7, 11) is 0. The van der Waals surface area contributed by atoms with Crippen molar-refractivity contribution in [3.8, 4) is 0 Å². The van der Waals surface area contributed by atoms with Crippen molar-refractivity contribution in [2.24, 2.45) is 29.6 Å². The molecule has 25 heavy (non-hydrogen) atoms. The summed E-state index contributed by atoms with van der Waals surface area (Å²) in [5.74, 6) is -0.588. The van der Waals surface area contributed by atoms with Crippen LogP contribution < -0.4 is 10.6 Å². The molecule has 1 saturated heterocycles. The van der Waals surface area contributed by atoms with Gasteiger partial charge in [0.15, 0.2) is 0 Å². The van der Waals surface area contributed by atoms with Crippen molar-refractivity contribution < 1.29 is 19.5 Å². The first kappa shape index (κ1) is 17.0. The van der Waals surface area contributed by atoms with Gasteiger partial charge in [0.05, 0.1) is 23.9 Å². The highest BCUT2D eigenvalue weighted by atomic mass is 16.3. The minimum Gasteiger partial charge on any atom is -0.392 e. The SMILES string of the molecule is O=C(NC1CCCC2C(=O)NC(=O)C12)C1CC2CCCCC2CC1O. The summed E-state index contributed by atoms with van der Waals surface area (Å²) < 4.78 is 0. The largest absolute Gasteiger partial charge is 0.392 e. The quantitative estimate of drug-likeness (QED) is 0.652. The maximum atomic E-state index is 12.8. The summed E-state index contributed by atoms with van der Waals surface area (Å²) in [6.45, 7) is 0. The van der Waals surface area contributed by atoms with Crippen molar-refractivity contribution in [3.63, 3.8) is 0 Å². The Bertz CT molecular complexity index is 578. The highest BCUT2D eigenvalue weighted by Gasteiger charge is 2.49. The number of hydrogen-bond acceptors (Lipinski definition) is 4. The predicted octanol–water partition coefficient (Wildman–Crippen LogP) is 1.12. The minimum absolute atomic E-state index is 0.130. The Labute approximate surface area is 148 Å². The summed E-state index contributed by atoms with van der Waals surface area (Å²) in [6, 6.07) is -0.283. The van der Waals surface area contributed by atoms with E-state index in [9.17, 15) is 19.5 Å². The lowest BCUT2D eigenvalue weighted by molar-refractivity contribution is -0.135. The van der Waals surface area contributed by atoms with Gasteiger partial charge in [0, 0.05) is 6.04 Å². The molecule has 0 aromatic heterocycles. The molecule has 6 heteroatoms. The zero-order valence-electron chi connectivity index (χ0n) is 14.6. The van der Waals surface area contributed by atoms with Crippen molar-refractivity contribution in [1.82, 2.24) is 10.6 Å². The lowest BCUT2D eigenvalue weighted by atomic mass is 9.66. The van der Waals surface area contributed by atoms with E-state index < -0.39 is 12.0 Å². The molecule has 1 aliphatic heterocycles. The summed E-state index contributed by atoms with van der Waals surface area (Å²) in [5, 5.41) is 15.9. The fourth-order valence-electron chi connectivity index (χ4n) is 5.75. The van der Waals surface area contributed by atoms with Crippen LogP contribution in [0.1, 0.15) is 57.8 Å². The fraction of sp³-hybridized carbons (Fsp3) is 0.842. The highest BCUT2D eigenvalue weighted by Crippen LogP contribution is 2.43. The molecule has 4 rings (SSSR count). The number of imide groups is 1. The second-order valence-corrected chi connectivity index (χ2v) is 8.48. The van der Waals surface area contributed by atoms with Crippen molar-refractivity contribution in [2.45, 2.75) is 69.9 Å². The molecule has 138 valence electrons. The van der Waals surface area contributed by atoms with Crippen LogP contribution in [-0.4, -0.2) is 35.0 Å². The number of carbonyl (C=O) groups excluding carboxylic acids is 3. The second kappa shape index (κ2) is 6.71. The second-order valence-electron chi connectivity index (χ2n) is 8.48. The van der Waals surface area contributed by atoms with Gasteiger partial charge in [0.25, 0.3) is 0 Å². The van der Waals surface area contributed by atoms with Gasteiger partial charge in [0.2, 0.25) is 17.7 Å². The zero-order valence-corrected chi connectivity index (χ0v) is 14.6. The Morgan fingerprint density at radius 3 is 2.44 bits per heavy atom. The number of fused-ring (bicyclic) bond motifs is 2. The Balaban J connectivity index is 1.42. The van der Waals surface area contributed by atoms with E-state index in [1.807, 2.05) is 0 Å². The van der Waals surface area contributed by atoms with Crippen molar-refractivity contribution in [2.75, 3.05) is 0 Å². The average molecular weight is 348 g/mol. The van der Waals surface area contributed by atoms with E-state index in [1.165, 1.54) is 19.3 Å². The molecule has 0 aromatic rings. The van der Waals surface area contributed by atoms with Gasteiger partial charge in [-0.3, -0.25) is 19.7 Å². The molecule has 7 unspecified atom stereocenters. The molecule has 0 radical (unpaired) electrons. The molecule has 4 fully saturated rings. The van der Waals surface area contributed by atoms with Crippen LogP contribution in [0.2, 0.25) is 0 Å². The number of nitrogens with one attached hydrogen (secondary N) is 2. The first-order chi connectivity index (χ1) is 12.0. The summed E-state index contributed by atoms with van der Waals surface area (Å²) >= 11 is 0. The molecular weight excluding hydrogens is 320 g/mol. The first-order valence-corrected chi connectivity index (χ1v) is 9.87. The third-order valence-corrected chi connectivity index (χ3v) is 7.08. The molecule has 3 amide bonds. The monoisotopic (exact) mass is 348 g/mol. The van der Waals surface area contributed by atoms with Crippen molar-refractivity contribution in [1.29, 1.82) is 0 Å². The van der Waals surface area contributed by atoms with Gasteiger partial charge in [-0.25, -0.2) is 0 Å². The van der Waals surface area contributed by atoms with E-state index in [-0.39, 0.29) is 35.6 Å². The Hall–Kier alpha value is -1.43. The van der Waals surface area contributed by atoms with Crippen LogP contribution >= 0.6 is 0 Å². The van der Waals surface area contributed by atoms with Gasteiger partial charge in [-0.15, -0.1) is 0 Å². The molecule has 6 nitrogen and oxygen atoms in total. The van der Waals surface area contributed by atoms with Crippen LogP contribution in [0.5, 0.6) is 0 Å². The minimum atomic E-state index is -0.585. The van der Waals surface area contributed by atoms with Gasteiger partial charge >= 0.3 is 0 Å². The maximum Gasteiger partial charge on any atom is 0.232 e. The van der Waals surface area contributed by atoms with E-state index in [2.05, 4.69) is 10.6 Å². The summed E-state index contributed by atoms with van der Waals surface area (Å²) in [5.41, 5.74) is 0. The standard InChI is InChI=1S/C19H28N2O4/c22-15-9-11-5-2-1-4-10(11)8-13(15)18(24)20-14-7-3-6-12-16(14)19(25)21-17(12)23/h10-16,22H,1-9H2,(H,20,24)(H,21,23,25). The van der Waals surface area contributed by atoms with E-state index in [1.54, 1.807) is 0 Å². The van der Waals surface area contributed by atoms with Gasteiger partial charge in [-0.05, 0) is 37.5 Å². The lowest BCUT2D eigenvalue weighted by Crippen LogP contribution is -2.52. The first-order valence-electron chi connectivity index (χ1n) is 9.87. The van der Waals surface area contributed by atoms with E-state index >= 15 is 0 Å². The van der Waals surface area contributed by atoms with E-state index in [0.29, 0.717) is 18.3 Å². The molecule has 0 bridgehead atoms.